The average Bonchev–Trinajstić information content (AvgIpc) is 2.45. The molecule has 1 aromatic rings. The number of nitrogens with one attached hydrogen (secondary N) is 1. The lowest BCUT2D eigenvalue weighted by molar-refractivity contribution is -0.124. The maximum absolute atomic E-state index is 12.0. The van der Waals surface area contributed by atoms with Crippen LogP contribution in [0.2, 0.25) is 0 Å². The second-order valence-corrected chi connectivity index (χ2v) is 6.21. The van der Waals surface area contributed by atoms with Gasteiger partial charge in [0.25, 0.3) is 0 Å². The van der Waals surface area contributed by atoms with Crippen molar-refractivity contribution in [2.75, 3.05) is 7.11 Å². The summed E-state index contributed by atoms with van der Waals surface area (Å²) < 4.78 is 5.28. The summed E-state index contributed by atoms with van der Waals surface area (Å²) in [4.78, 5) is 12.0. The largest absolute Gasteiger partial charge is 0.496 e. The number of carbonyl (C=O) groups excluding carboxylic acids is 1. The van der Waals surface area contributed by atoms with Gasteiger partial charge in [0.05, 0.1) is 13.2 Å². The molecule has 1 saturated carbocycles. The predicted octanol–water partition coefficient (Wildman–Crippen LogP) is 2.29. The molecule has 21 heavy (non-hydrogen) atoms. The van der Waals surface area contributed by atoms with Crippen molar-refractivity contribution >= 4 is 12.0 Å². The molecule has 2 atom stereocenters. The molecule has 4 nitrogen and oxygen atoms in total. The standard InChI is InChI=1S/C17H23NO3/c1-11-5-7-13(21-4)12(9-11)6-8-16(20)18-14-10-15(19)17(14,2)3/h5-9,14-15,19H,10H2,1-4H3,(H,18,20)/b8-6+. The van der Waals surface area contributed by atoms with Crippen LogP contribution in [-0.2, 0) is 4.79 Å². The molecule has 0 aliphatic heterocycles. The van der Waals surface area contributed by atoms with Crippen LogP contribution in [0.1, 0.15) is 31.4 Å². The number of ether oxygens (including phenoxy) is 1. The third-order valence-corrected chi connectivity index (χ3v) is 4.33. The first-order valence-corrected chi connectivity index (χ1v) is 7.16. The zero-order valence-corrected chi connectivity index (χ0v) is 13.0. The van der Waals surface area contributed by atoms with E-state index in [0.717, 1.165) is 16.9 Å². The monoisotopic (exact) mass is 289 g/mol. The summed E-state index contributed by atoms with van der Waals surface area (Å²) in [7, 11) is 1.61. The quantitative estimate of drug-likeness (QED) is 0.836. The molecule has 1 aromatic carbocycles. The maximum Gasteiger partial charge on any atom is 0.244 e. The fourth-order valence-corrected chi connectivity index (χ4v) is 2.52. The van der Waals surface area contributed by atoms with Gasteiger partial charge < -0.3 is 15.2 Å². The summed E-state index contributed by atoms with van der Waals surface area (Å²) in [5.74, 6) is 0.590. The van der Waals surface area contributed by atoms with Gasteiger partial charge >= 0.3 is 0 Å². The molecule has 2 unspecified atom stereocenters. The van der Waals surface area contributed by atoms with Gasteiger partial charge in [0.2, 0.25) is 5.91 Å². The van der Waals surface area contributed by atoms with E-state index >= 15 is 0 Å². The fraction of sp³-hybridized carbons (Fsp3) is 0.471. The lowest BCUT2D eigenvalue weighted by atomic mass is 9.64. The molecule has 114 valence electrons. The Morgan fingerprint density at radius 3 is 2.76 bits per heavy atom. The molecule has 1 aliphatic carbocycles. The summed E-state index contributed by atoms with van der Waals surface area (Å²) in [6.45, 7) is 5.91. The lowest BCUT2D eigenvalue weighted by Crippen LogP contribution is -2.60. The van der Waals surface area contributed by atoms with Crippen LogP contribution in [0.3, 0.4) is 0 Å². The smallest absolute Gasteiger partial charge is 0.244 e. The second kappa shape index (κ2) is 5.90. The van der Waals surface area contributed by atoms with Gasteiger partial charge in [0, 0.05) is 23.1 Å². The van der Waals surface area contributed by atoms with Gasteiger partial charge in [-0.1, -0.05) is 25.5 Å². The van der Waals surface area contributed by atoms with Crippen LogP contribution in [0.5, 0.6) is 5.75 Å². The molecule has 0 bridgehead atoms. The number of rotatable bonds is 4. The number of methoxy groups -OCH3 is 1. The van der Waals surface area contributed by atoms with E-state index in [1.807, 2.05) is 39.0 Å². The summed E-state index contributed by atoms with van der Waals surface area (Å²) in [5, 5.41) is 12.6. The van der Waals surface area contributed by atoms with E-state index < -0.39 is 0 Å². The van der Waals surface area contributed by atoms with Crippen LogP contribution in [0.4, 0.5) is 0 Å². The van der Waals surface area contributed by atoms with Crippen molar-refractivity contribution in [3.8, 4) is 5.75 Å². The van der Waals surface area contributed by atoms with Gasteiger partial charge in [-0.15, -0.1) is 0 Å². The van der Waals surface area contributed by atoms with E-state index in [1.165, 1.54) is 6.08 Å². The Morgan fingerprint density at radius 1 is 1.48 bits per heavy atom. The molecule has 0 aromatic heterocycles. The van der Waals surface area contributed by atoms with E-state index in [9.17, 15) is 9.90 Å². The number of aliphatic hydroxyl groups is 1. The van der Waals surface area contributed by atoms with Gasteiger partial charge in [-0.3, -0.25) is 4.79 Å². The minimum atomic E-state index is -0.344. The molecule has 0 radical (unpaired) electrons. The topological polar surface area (TPSA) is 58.6 Å². The Hall–Kier alpha value is -1.81. The van der Waals surface area contributed by atoms with Gasteiger partial charge in [-0.2, -0.15) is 0 Å². The minimum absolute atomic E-state index is 0.0176. The zero-order valence-electron chi connectivity index (χ0n) is 13.0. The first-order valence-electron chi connectivity index (χ1n) is 7.16. The van der Waals surface area contributed by atoms with Crippen molar-refractivity contribution in [3.05, 3.63) is 35.4 Å². The molecular formula is C17H23NO3. The molecule has 0 saturated heterocycles. The highest BCUT2D eigenvalue weighted by Crippen LogP contribution is 2.40. The van der Waals surface area contributed by atoms with Gasteiger partial charge in [0.15, 0.2) is 0 Å². The molecule has 2 N–H and O–H groups in total. The Bertz CT molecular complexity index is 563. The van der Waals surface area contributed by atoms with Crippen molar-refractivity contribution in [3.63, 3.8) is 0 Å². The van der Waals surface area contributed by atoms with E-state index in [4.69, 9.17) is 4.74 Å². The highest BCUT2D eigenvalue weighted by Gasteiger charge is 2.47. The molecular weight excluding hydrogens is 266 g/mol. The number of benzene rings is 1. The first kappa shape index (κ1) is 15.6. The number of carbonyl (C=O) groups is 1. The molecule has 1 aliphatic rings. The predicted molar refractivity (Wildman–Crippen MR) is 83.1 cm³/mol. The van der Waals surface area contributed by atoms with E-state index in [1.54, 1.807) is 13.2 Å². The Kier molecular flexibility index (Phi) is 4.37. The van der Waals surface area contributed by atoms with Crippen LogP contribution in [0.15, 0.2) is 24.3 Å². The maximum atomic E-state index is 12.0. The van der Waals surface area contributed by atoms with Gasteiger partial charge in [-0.05, 0) is 31.6 Å². The Balaban J connectivity index is 2.01. The number of aryl methyl sites for hydroxylation is 1. The van der Waals surface area contributed by atoms with Gasteiger partial charge in [-0.25, -0.2) is 0 Å². The van der Waals surface area contributed by atoms with Crippen LogP contribution < -0.4 is 10.1 Å². The van der Waals surface area contributed by atoms with Crippen molar-refractivity contribution in [1.29, 1.82) is 0 Å². The minimum Gasteiger partial charge on any atom is -0.496 e. The van der Waals surface area contributed by atoms with E-state index in [0.29, 0.717) is 6.42 Å². The number of amides is 1. The van der Waals surface area contributed by atoms with Crippen molar-refractivity contribution in [1.82, 2.24) is 5.32 Å². The van der Waals surface area contributed by atoms with Crippen molar-refractivity contribution < 1.29 is 14.6 Å². The average molecular weight is 289 g/mol. The summed E-state index contributed by atoms with van der Waals surface area (Å²) in [6, 6.07) is 5.84. The number of hydrogen-bond donors (Lipinski definition) is 2. The molecule has 1 fully saturated rings. The molecule has 1 amide bonds. The SMILES string of the molecule is COc1ccc(C)cc1/C=C/C(=O)NC1CC(O)C1(C)C. The highest BCUT2D eigenvalue weighted by atomic mass is 16.5. The number of hydrogen-bond acceptors (Lipinski definition) is 3. The normalized spacial score (nSPS) is 23.7. The third-order valence-electron chi connectivity index (χ3n) is 4.33. The molecule has 2 rings (SSSR count). The highest BCUT2D eigenvalue weighted by molar-refractivity contribution is 5.92. The zero-order chi connectivity index (χ0) is 15.6. The fourth-order valence-electron chi connectivity index (χ4n) is 2.52. The van der Waals surface area contributed by atoms with Crippen LogP contribution in [-0.4, -0.2) is 30.3 Å². The van der Waals surface area contributed by atoms with Crippen molar-refractivity contribution in [2.24, 2.45) is 5.41 Å². The summed E-state index contributed by atoms with van der Waals surface area (Å²) in [6.07, 6.45) is 3.53. The Morgan fingerprint density at radius 2 is 2.19 bits per heavy atom. The third kappa shape index (κ3) is 3.27. The van der Waals surface area contributed by atoms with Crippen LogP contribution in [0.25, 0.3) is 6.08 Å². The molecule has 0 heterocycles. The van der Waals surface area contributed by atoms with Crippen molar-refractivity contribution in [2.45, 2.75) is 39.3 Å². The van der Waals surface area contributed by atoms with Crippen LogP contribution in [0, 0.1) is 12.3 Å². The van der Waals surface area contributed by atoms with Crippen LogP contribution >= 0.6 is 0 Å². The summed E-state index contributed by atoms with van der Waals surface area (Å²) >= 11 is 0. The summed E-state index contributed by atoms with van der Waals surface area (Å²) in [5.41, 5.74) is 1.73. The van der Waals surface area contributed by atoms with E-state index in [2.05, 4.69) is 5.32 Å². The molecule has 4 heteroatoms. The first-order chi connectivity index (χ1) is 9.84. The number of aliphatic hydroxyl groups excluding tert-OH is 1. The molecule has 0 spiro atoms. The Labute approximate surface area is 125 Å². The van der Waals surface area contributed by atoms with E-state index in [-0.39, 0.29) is 23.5 Å². The lowest BCUT2D eigenvalue weighted by Gasteiger charge is -2.49. The second-order valence-electron chi connectivity index (χ2n) is 6.21. The van der Waals surface area contributed by atoms with Gasteiger partial charge in [0.1, 0.15) is 5.75 Å².